The van der Waals surface area contributed by atoms with Gasteiger partial charge in [-0.2, -0.15) is 0 Å². The van der Waals surface area contributed by atoms with Crippen LogP contribution in [0.5, 0.6) is 5.75 Å². The van der Waals surface area contributed by atoms with Crippen LogP contribution in [0, 0.1) is 0 Å². The Morgan fingerprint density at radius 1 is 1.03 bits per heavy atom. The molecule has 0 bridgehead atoms. The maximum Gasteiger partial charge on any atom is 0.186 e. The number of benzene rings is 2. The Labute approximate surface area is 188 Å². The lowest BCUT2D eigenvalue weighted by molar-refractivity contribution is 0.0663. The molecule has 1 N–H and O–H groups in total. The Bertz CT molecular complexity index is 992. The number of aliphatic hydroxyl groups excluding tert-OH is 1. The van der Waals surface area contributed by atoms with Crippen LogP contribution >= 0.6 is 46.1 Å². The minimum atomic E-state index is -0.583. The van der Waals surface area contributed by atoms with E-state index in [0.717, 1.165) is 46.5 Å². The predicted octanol–water partition coefficient (Wildman–Crippen LogP) is 4.82. The molecule has 5 nitrogen and oxygen atoms in total. The molecule has 154 valence electrons. The smallest absolute Gasteiger partial charge is 0.186 e. The highest BCUT2D eigenvalue weighted by atomic mass is 35.5. The van der Waals surface area contributed by atoms with Crippen molar-refractivity contribution in [3.63, 3.8) is 0 Å². The zero-order valence-corrected chi connectivity index (χ0v) is 18.6. The number of anilines is 1. The molecule has 9 heteroatoms. The molecular formula is C20H20Cl3N3O2S. The number of piperazine rings is 1. The number of hydrogen-bond acceptors (Lipinski definition) is 6. The molecule has 29 heavy (non-hydrogen) atoms. The molecule has 3 aromatic rings. The SMILES string of the molecule is O[C@@H](COc1ccc(Cl)c(Cl)c1)CN1CCN(c2nc3ccc(Cl)cc3s2)CC1. The van der Waals surface area contributed by atoms with Gasteiger partial charge in [0.05, 0.1) is 20.3 Å². The lowest BCUT2D eigenvalue weighted by Gasteiger charge is -2.35. The van der Waals surface area contributed by atoms with Crippen molar-refractivity contribution in [1.29, 1.82) is 0 Å². The summed E-state index contributed by atoms with van der Waals surface area (Å²) in [6, 6.07) is 10.9. The monoisotopic (exact) mass is 471 g/mol. The number of hydrogen-bond donors (Lipinski definition) is 1. The van der Waals surface area contributed by atoms with Crippen LogP contribution in [0.25, 0.3) is 10.2 Å². The van der Waals surface area contributed by atoms with Gasteiger partial charge in [0.25, 0.3) is 0 Å². The maximum atomic E-state index is 10.3. The van der Waals surface area contributed by atoms with Gasteiger partial charge >= 0.3 is 0 Å². The third-order valence-corrected chi connectivity index (χ3v) is 6.84. The summed E-state index contributed by atoms with van der Waals surface area (Å²) in [5, 5.41) is 13.0. The second kappa shape index (κ2) is 9.25. The summed E-state index contributed by atoms with van der Waals surface area (Å²) in [5.74, 6) is 0.596. The van der Waals surface area contributed by atoms with Crippen molar-refractivity contribution in [3.8, 4) is 5.75 Å². The number of aromatic nitrogens is 1. The molecule has 0 aliphatic carbocycles. The zero-order valence-electron chi connectivity index (χ0n) is 15.5. The summed E-state index contributed by atoms with van der Waals surface area (Å²) in [6.07, 6.45) is -0.583. The Hall–Kier alpha value is -1.28. The Morgan fingerprint density at radius 2 is 1.83 bits per heavy atom. The molecule has 4 rings (SSSR count). The molecule has 1 aliphatic heterocycles. The molecular weight excluding hydrogens is 453 g/mol. The van der Waals surface area contributed by atoms with E-state index in [1.54, 1.807) is 29.5 Å². The first-order valence-electron chi connectivity index (χ1n) is 9.27. The van der Waals surface area contributed by atoms with Gasteiger partial charge in [0, 0.05) is 43.8 Å². The molecule has 1 saturated heterocycles. The molecule has 2 aromatic carbocycles. The van der Waals surface area contributed by atoms with E-state index >= 15 is 0 Å². The first-order chi connectivity index (χ1) is 14.0. The highest BCUT2D eigenvalue weighted by Gasteiger charge is 2.22. The molecule has 0 radical (unpaired) electrons. The number of β-amino-alcohol motifs (C(OH)–C–C–N with tert-alkyl or cyclic N) is 1. The Morgan fingerprint density at radius 3 is 2.59 bits per heavy atom. The summed E-state index contributed by atoms with van der Waals surface area (Å²) in [7, 11) is 0. The average Bonchev–Trinajstić information content (AvgIpc) is 3.12. The van der Waals surface area contributed by atoms with Crippen LogP contribution in [0.4, 0.5) is 5.13 Å². The van der Waals surface area contributed by atoms with Crippen molar-refractivity contribution in [2.45, 2.75) is 6.10 Å². The number of halogens is 3. The second-order valence-electron chi connectivity index (χ2n) is 6.94. The zero-order chi connectivity index (χ0) is 20.4. The largest absolute Gasteiger partial charge is 0.491 e. The highest BCUT2D eigenvalue weighted by molar-refractivity contribution is 7.22. The van der Waals surface area contributed by atoms with Crippen molar-refractivity contribution < 1.29 is 9.84 Å². The van der Waals surface area contributed by atoms with E-state index < -0.39 is 6.10 Å². The number of ether oxygens (including phenoxy) is 1. The van der Waals surface area contributed by atoms with Crippen molar-refractivity contribution >= 4 is 61.5 Å². The first kappa shape index (κ1) is 21.0. The molecule has 1 aromatic heterocycles. The lowest BCUT2D eigenvalue weighted by Crippen LogP contribution is -2.49. The van der Waals surface area contributed by atoms with Crippen LogP contribution in [0.1, 0.15) is 0 Å². The van der Waals surface area contributed by atoms with Gasteiger partial charge in [0.15, 0.2) is 5.13 Å². The van der Waals surface area contributed by atoms with Crippen LogP contribution in [0.3, 0.4) is 0 Å². The van der Waals surface area contributed by atoms with Gasteiger partial charge in [-0.15, -0.1) is 0 Å². The van der Waals surface area contributed by atoms with Crippen LogP contribution in [0.15, 0.2) is 36.4 Å². The first-order valence-corrected chi connectivity index (χ1v) is 11.2. The van der Waals surface area contributed by atoms with Crippen molar-refractivity contribution in [2.75, 3.05) is 44.2 Å². The quantitative estimate of drug-likeness (QED) is 0.557. The molecule has 1 atom stereocenters. The van der Waals surface area contributed by atoms with E-state index in [4.69, 9.17) is 44.5 Å². The fourth-order valence-corrected chi connectivity index (χ4v) is 4.83. The van der Waals surface area contributed by atoms with E-state index in [1.807, 2.05) is 18.2 Å². The average molecular weight is 473 g/mol. The third-order valence-electron chi connectivity index (χ3n) is 4.78. The molecule has 0 saturated carbocycles. The number of fused-ring (bicyclic) bond motifs is 1. The van der Waals surface area contributed by atoms with Gasteiger partial charge in [-0.25, -0.2) is 4.98 Å². The van der Waals surface area contributed by atoms with Gasteiger partial charge in [-0.3, -0.25) is 4.90 Å². The molecule has 2 heterocycles. The molecule has 0 spiro atoms. The van der Waals surface area contributed by atoms with Crippen molar-refractivity contribution in [3.05, 3.63) is 51.5 Å². The summed E-state index contributed by atoms with van der Waals surface area (Å²) in [5.41, 5.74) is 0.978. The molecule has 0 unspecified atom stereocenters. The lowest BCUT2D eigenvalue weighted by atomic mass is 10.2. The summed E-state index contributed by atoms with van der Waals surface area (Å²) in [4.78, 5) is 9.24. The highest BCUT2D eigenvalue weighted by Crippen LogP contribution is 2.31. The van der Waals surface area contributed by atoms with Gasteiger partial charge in [0.1, 0.15) is 18.5 Å². The number of aliphatic hydroxyl groups is 1. The minimum absolute atomic E-state index is 0.205. The van der Waals surface area contributed by atoms with Crippen LogP contribution in [-0.4, -0.2) is 60.4 Å². The van der Waals surface area contributed by atoms with E-state index in [2.05, 4.69) is 9.80 Å². The van der Waals surface area contributed by atoms with Gasteiger partial charge < -0.3 is 14.7 Å². The van der Waals surface area contributed by atoms with Gasteiger partial charge in [-0.05, 0) is 30.3 Å². The summed E-state index contributed by atoms with van der Waals surface area (Å²) in [6.45, 7) is 4.23. The van der Waals surface area contributed by atoms with E-state index in [-0.39, 0.29) is 6.61 Å². The maximum absolute atomic E-state index is 10.3. The van der Waals surface area contributed by atoms with Crippen molar-refractivity contribution in [1.82, 2.24) is 9.88 Å². The summed E-state index contributed by atoms with van der Waals surface area (Å²) < 4.78 is 6.73. The van der Waals surface area contributed by atoms with E-state index in [9.17, 15) is 5.11 Å². The molecule has 0 amide bonds. The van der Waals surface area contributed by atoms with E-state index in [1.165, 1.54) is 0 Å². The van der Waals surface area contributed by atoms with Crippen LogP contribution < -0.4 is 9.64 Å². The van der Waals surface area contributed by atoms with Gasteiger partial charge in [-0.1, -0.05) is 46.1 Å². The van der Waals surface area contributed by atoms with Crippen molar-refractivity contribution in [2.24, 2.45) is 0 Å². The van der Waals surface area contributed by atoms with Crippen LogP contribution in [0.2, 0.25) is 15.1 Å². The summed E-state index contributed by atoms with van der Waals surface area (Å²) >= 11 is 19.6. The minimum Gasteiger partial charge on any atom is -0.491 e. The van der Waals surface area contributed by atoms with E-state index in [0.29, 0.717) is 22.3 Å². The number of nitrogens with zero attached hydrogens (tertiary/aromatic N) is 3. The Kier molecular flexibility index (Phi) is 6.69. The fourth-order valence-electron chi connectivity index (χ4n) is 3.25. The third kappa shape index (κ3) is 5.26. The fraction of sp³-hybridized carbons (Fsp3) is 0.350. The number of thiazole rings is 1. The molecule has 1 fully saturated rings. The second-order valence-corrected chi connectivity index (χ2v) is 9.20. The van der Waals surface area contributed by atoms with Gasteiger partial charge in [0.2, 0.25) is 0 Å². The normalized spacial score (nSPS) is 16.3. The number of rotatable bonds is 6. The predicted molar refractivity (Wildman–Crippen MR) is 121 cm³/mol. The Balaban J connectivity index is 1.26. The standard InChI is InChI=1S/C20H20Cl3N3O2S/c21-13-1-4-18-19(9-13)29-20(24-18)26-7-5-25(6-8-26)11-14(27)12-28-15-2-3-16(22)17(23)10-15/h1-4,9-10,14,27H,5-8,11-12H2/t14-/m1/s1. The topological polar surface area (TPSA) is 48.8 Å². The van der Waals surface area contributed by atoms with Crippen LogP contribution in [-0.2, 0) is 0 Å². The molecule has 1 aliphatic rings.